The van der Waals surface area contributed by atoms with E-state index in [1.807, 2.05) is 0 Å². The van der Waals surface area contributed by atoms with E-state index >= 15 is 0 Å². The van der Waals surface area contributed by atoms with Crippen LogP contribution in [0.3, 0.4) is 0 Å². The number of aryl methyl sites for hydroxylation is 1. The Morgan fingerprint density at radius 2 is 1.95 bits per heavy atom. The van der Waals surface area contributed by atoms with E-state index < -0.39 is 0 Å². The van der Waals surface area contributed by atoms with Gasteiger partial charge >= 0.3 is 0 Å². The van der Waals surface area contributed by atoms with E-state index in [0.29, 0.717) is 5.92 Å². The van der Waals surface area contributed by atoms with Crippen LogP contribution in [0.5, 0.6) is 0 Å². The summed E-state index contributed by atoms with van der Waals surface area (Å²) in [6.07, 6.45) is 17.0. The fourth-order valence-electron chi connectivity index (χ4n) is 2.83. The average molecular weight is 277 g/mol. The molecule has 0 heterocycles. The van der Waals surface area contributed by atoms with Crippen LogP contribution in [0.4, 0.5) is 5.69 Å². The molecular formula is C20H23N. The number of benzene rings is 1. The molecule has 0 fully saturated rings. The molecule has 2 aliphatic carbocycles. The maximum Gasteiger partial charge on any atom is 0.0458 e. The van der Waals surface area contributed by atoms with Gasteiger partial charge < -0.3 is 4.90 Å². The minimum absolute atomic E-state index is 0.647. The van der Waals surface area contributed by atoms with Gasteiger partial charge in [-0.05, 0) is 56.4 Å². The lowest BCUT2D eigenvalue weighted by Gasteiger charge is -2.31. The summed E-state index contributed by atoms with van der Waals surface area (Å²) in [6.45, 7) is 4.40. The zero-order chi connectivity index (χ0) is 14.7. The van der Waals surface area contributed by atoms with Crippen LogP contribution < -0.4 is 4.90 Å². The van der Waals surface area contributed by atoms with Gasteiger partial charge in [-0.1, -0.05) is 48.9 Å². The monoisotopic (exact) mass is 277 g/mol. The molecule has 1 atom stereocenters. The summed E-state index contributed by atoms with van der Waals surface area (Å²) in [5.74, 6) is 0.647. The minimum atomic E-state index is 0.647. The van der Waals surface area contributed by atoms with Crippen LogP contribution in [0.15, 0.2) is 72.1 Å². The predicted octanol–water partition coefficient (Wildman–Crippen LogP) is 5.52. The van der Waals surface area contributed by atoms with Gasteiger partial charge in [-0.25, -0.2) is 0 Å². The van der Waals surface area contributed by atoms with E-state index in [0.717, 1.165) is 19.3 Å². The summed E-state index contributed by atoms with van der Waals surface area (Å²) < 4.78 is 0. The van der Waals surface area contributed by atoms with Crippen molar-refractivity contribution in [3.8, 4) is 0 Å². The van der Waals surface area contributed by atoms with Crippen molar-refractivity contribution in [2.45, 2.75) is 33.1 Å². The molecule has 2 aliphatic rings. The zero-order valence-electron chi connectivity index (χ0n) is 12.9. The fraction of sp³-hybridized carbons (Fsp3) is 0.300. The van der Waals surface area contributed by atoms with Crippen molar-refractivity contribution < 1.29 is 0 Å². The Labute approximate surface area is 128 Å². The lowest BCUT2D eigenvalue weighted by molar-refractivity contribution is 0.725. The molecule has 0 spiro atoms. The molecule has 0 radical (unpaired) electrons. The first-order chi connectivity index (χ1) is 10.2. The van der Waals surface area contributed by atoms with Gasteiger partial charge in [0.2, 0.25) is 0 Å². The Kier molecular flexibility index (Phi) is 4.10. The average Bonchev–Trinajstić information content (AvgIpc) is 2.52. The van der Waals surface area contributed by atoms with Crippen molar-refractivity contribution in [1.82, 2.24) is 0 Å². The normalized spacial score (nSPS) is 21.0. The Balaban J connectivity index is 1.99. The first-order valence-corrected chi connectivity index (χ1v) is 7.85. The summed E-state index contributed by atoms with van der Waals surface area (Å²) in [5, 5.41) is 0. The van der Waals surface area contributed by atoms with Crippen molar-refractivity contribution in [1.29, 1.82) is 0 Å². The third-order valence-corrected chi connectivity index (χ3v) is 4.12. The number of hydrogen-bond donors (Lipinski definition) is 0. The summed E-state index contributed by atoms with van der Waals surface area (Å²) in [4.78, 5) is 2.41. The van der Waals surface area contributed by atoms with E-state index in [9.17, 15) is 0 Å². The summed E-state index contributed by atoms with van der Waals surface area (Å²) in [6, 6.07) is 8.83. The molecule has 1 heteroatoms. The number of allylic oxidation sites excluding steroid dienone is 7. The van der Waals surface area contributed by atoms with Crippen LogP contribution >= 0.6 is 0 Å². The molecule has 0 aromatic heterocycles. The summed E-state index contributed by atoms with van der Waals surface area (Å²) >= 11 is 0. The smallest absolute Gasteiger partial charge is 0.0458 e. The SMILES string of the molecule is Cc1ccc(N(C2=CCC(C)C=C2)C2=CC=CCC2)cc1. The van der Waals surface area contributed by atoms with Crippen LogP contribution in [0.1, 0.15) is 31.7 Å². The molecule has 1 aromatic rings. The van der Waals surface area contributed by atoms with Gasteiger partial charge in [0.25, 0.3) is 0 Å². The van der Waals surface area contributed by atoms with Gasteiger partial charge in [-0.3, -0.25) is 0 Å². The highest BCUT2D eigenvalue weighted by atomic mass is 15.2. The quantitative estimate of drug-likeness (QED) is 0.703. The maximum absolute atomic E-state index is 2.41. The number of anilines is 1. The predicted molar refractivity (Wildman–Crippen MR) is 91.1 cm³/mol. The second-order valence-corrected chi connectivity index (χ2v) is 6.00. The molecule has 0 N–H and O–H groups in total. The third kappa shape index (κ3) is 3.18. The number of rotatable bonds is 3. The largest absolute Gasteiger partial charge is 0.315 e. The van der Waals surface area contributed by atoms with Crippen molar-refractivity contribution >= 4 is 5.69 Å². The minimum Gasteiger partial charge on any atom is -0.315 e. The number of hydrogen-bond acceptors (Lipinski definition) is 1. The molecule has 0 saturated carbocycles. The second kappa shape index (κ2) is 6.17. The second-order valence-electron chi connectivity index (χ2n) is 6.00. The van der Waals surface area contributed by atoms with Crippen LogP contribution in [0, 0.1) is 12.8 Å². The Morgan fingerprint density at radius 1 is 1.14 bits per heavy atom. The van der Waals surface area contributed by atoms with E-state index in [4.69, 9.17) is 0 Å². The van der Waals surface area contributed by atoms with Gasteiger partial charge in [0.15, 0.2) is 0 Å². The van der Waals surface area contributed by atoms with E-state index in [-0.39, 0.29) is 0 Å². The van der Waals surface area contributed by atoms with Crippen molar-refractivity contribution in [2.24, 2.45) is 5.92 Å². The third-order valence-electron chi connectivity index (χ3n) is 4.12. The summed E-state index contributed by atoms with van der Waals surface area (Å²) in [7, 11) is 0. The first-order valence-electron chi connectivity index (χ1n) is 7.85. The molecule has 0 bridgehead atoms. The molecule has 21 heavy (non-hydrogen) atoms. The van der Waals surface area contributed by atoms with Crippen LogP contribution in [-0.4, -0.2) is 0 Å². The Morgan fingerprint density at radius 3 is 2.57 bits per heavy atom. The molecule has 1 unspecified atom stereocenters. The van der Waals surface area contributed by atoms with Gasteiger partial charge in [0, 0.05) is 17.1 Å². The highest BCUT2D eigenvalue weighted by molar-refractivity contribution is 5.62. The molecule has 1 aromatic carbocycles. The van der Waals surface area contributed by atoms with Gasteiger partial charge in [0.05, 0.1) is 0 Å². The molecule has 0 amide bonds. The lowest BCUT2D eigenvalue weighted by atomic mass is 9.99. The molecule has 0 saturated heterocycles. The zero-order valence-corrected chi connectivity index (χ0v) is 12.9. The highest BCUT2D eigenvalue weighted by Crippen LogP contribution is 2.31. The van der Waals surface area contributed by atoms with Crippen LogP contribution in [-0.2, 0) is 0 Å². The van der Waals surface area contributed by atoms with E-state index in [2.05, 4.69) is 79.5 Å². The first kappa shape index (κ1) is 13.9. The van der Waals surface area contributed by atoms with Crippen LogP contribution in [0.25, 0.3) is 0 Å². The van der Waals surface area contributed by atoms with Gasteiger partial charge in [-0.2, -0.15) is 0 Å². The van der Waals surface area contributed by atoms with Gasteiger partial charge in [-0.15, -0.1) is 0 Å². The fourth-order valence-corrected chi connectivity index (χ4v) is 2.83. The molecular weight excluding hydrogens is 254 g/mol. The molecule has 1 nitrogen and oxygen atoms in total. The molecule has 3 rings (SSSR count). The number of nitrogens with zero attached hydrogens (tertiary/aromatic N) is 1. The highest BCUT2D eigenvalue weighted by Gasteiger charge is 2.17. The lowest BCUT2D eigenvalue weighted by Crippen LogP contribution is -2.22. The standard InChI is InChI=1S/C20H23N/c1-16-8-12-19(13-9-16)21(18-6-4-3-5-7-18)20-14-10-17(2)11-15-20/h3-4,6,8-10,12-15,17H,5,7,11H2,1-2H3. The van der Waals surface area contributed by atoms with Crippen molar-refractivity contribution in [3.63, 3.8) is 0 Å². The topological polar surface area (TPSA) is 3.24 Å². The van der Waals surface area contributed by atoms with Gasteiger partial charge in [0.1, 0.15) is 0 Å². The molecule has 108 valence electrons. The maximum atomic E-state index is 2.41. The van der Waals surface area contributed by atoms with E-state index in [1.165, 1.54) is 22.6 Å². The summed E-state index contributed by atoms with van der Waals surface area (Å²) in [5.41, 5.74) is 5.25. The van der Waals surface area contributed by atoms with E-state index in [1.54, 1.807) is 0 Å². The molecule has 0 aliphatic heterocycles. The van der Waals surface area contributed by atoms with Crippen molar-refractivity contribution in [2.75, 3.05) is 4.90 Å². The Bertz CT molecular complexity index is 614. The van der Waals surface area contributed by atoms with Crippen LogP contribution in [0.2, 0.25) is 0 Å². The van der Waals surface area contributed by atoms with Crippen molar-refractivity contribution in [3.05, 3.63) is 77.7 Å². The Hall–Kier alpha value is -2.02.